The summed E-state index contributed by atoms with van der Waals surface area (Å²) in [6.07, 6.45) is -6.70. The number of cyclic esters (lactones) is 1. The number of nitrogens with one attached hydrogen (secondary N) is 1. The second-order valence-electron chi connectivity index (χ2n) is 6.12. The first-order valence-corrected chi connectivity index (χ1v) is 8.85. The lowest BCUT2D eigenvalue weighted by Crippen LogP contribution is -2.49. The van der Waals surface area contributed by atoms with Crippen LogP contribution in [0.15, 0.2) is 24.3 Å². The molecule has 1 aromatic carbocycles. The van der Waals surface area contributed by atoms with Crippen molar-refractivity contribution in [3.8, 4) is 5.75 Å². The number of hydrogen-bond acceptors (Lipinski definition) is 7. The maximum absolute atomic E-state index is 12.2. The third-order valence-corrected chi connectivity index (χ3v) is 5.08. The lowest BCUT2D eigenvalue weighted by atomic mass is 10.0. The van der Waals surface area contributed by atoms with Crippen molar-refractivity contribution in [2.45, 2.75) is 30.4 Å². The number of alkyl halides is 3. The molecule has 2 rings (SSSR count). The Bertz CT molecular complexity index is 759. The summed E-state index contributed by atoms with van der Waals surface area (Å²) < 4.78 is 66.8. The van der Waals surface area contributed by atoms with Gasteiger partial charge < -0.3 is 14.0 Å². The van der Waals surface area contributed by atoms with Crippen LogP contribution in [-0.2, 0) is 20.6 Å². The normalized spacial score (nSPS) is 20.3. The van der Waals surface area contributed by atoms with Crippen molar-refractivity contribution < 1.29 is 46.2 Å². The molecule has 9 nitrogen and oxygen atoms in total. The molecule has 1 aromatic rings. The summed E-state index contributed by atoms with van der Waals surface area (Å²) in [7, 11) is 0. The zero-order chi connectivity index (χ0) is 21.1. The summed E-state index contributed by atoms with van der Waals surface area (Å²) in [5.41, 5.74) is 1.54. The van der Waals surface area contributed by atoms with E-state index < -0.39 is 53.1 Å². The van der Waals surface area contributed by atoms with Gasteiger partial charge in [-0.3, -0.25) is 19.1 Å². The molecule has 2 N–H and O–H groups in total. The fourth-order valence-electron chi connectivity index (χ4n) is 2.52. The van der Waals surface area contributed by atoms with Crippen molar-refractivity contribution in [1.29, 1.82) is 0 Å². The lowest BCUT2D eigenvalue weighted by Gasteiger charge is -2.30. The summed E-state index contributed by atoms with van der Waals surface area (Å²) in [6.45, 7) is -0.504. The molecule has 0 saturated carbocycles. The van der Waals surface area contributed by atoms with E-state index in [4.69, 9.17) is 9.94 Å². The summed E-state index contributed by atoms with van der Waals surface area (Å²) in [5, 5.41) is 8.72. The largest absolute Gasteiger partial charge is 0.772 e. The highest BCUT2D eigenvalue weighted by molar-refractivity contribution is 7.81. The van der Waals surface area contributed by atoms with Crippen molar-refractivity contribution in [1.82, 2.24) is 5.48 Å². The number of amides is 2. The first-order chi connectivity index (χ1) is 13.0. The molecule has 156 valence electrons. The number of nitrogens with zero attached hydrogens (tertiary/aromatic N) is 1. The maximum Gasteiger partial charge on any atom is 0.422 e. The molecule has 0 bridgehead atoms. The number of carbonyl (C=O) groups is 2. The second-order valence-corrected chi connectivity index (χ2v) is 7.50. The van der Waals surface area contributed by atoms with Gasteiger partial charge in [0.2, 0.25) is 0 Å². The molecule has 28 heavy (non-hydrogen) atoms. The fourth-order valence-corrected chi connectivity index (χ4v) is 3.03. The van der Waals surface area contributed by atoms with E-state index in [2.05, 4.69) is 4.74 Å². The molecule has 1 fully saturated rings. The molecule has 3 atom stereocenters. The SMILES string of the molecule is CC(CC1CN(c2ccc(OCC(F)(F)F)cc2)C(=O)O1)(C(=O)NO)S(=O)[O-]. The standard InChI is InChI=1S/C15H17F3N2O7S/c1-14(28(24)25,12(21)19-23)6-11-7-20(13(22)27-11)9-2-4-10(5-3-9)26-8-15(16,17)18/h2-5,11,23H,6-8H2,1H3,(H,19,21)(H,24,25)/p-1. The van der Waals surface area contributed by atoms with Gasteiger partial charge in [0.05, 0.1) is 6.54 Å². The third-order valence-electron chi connectivity index (χ3n) is 3.99. The Hall–Kier alpha value is -2.38. The Kier molecular flexibility index (Phi) is 6.52. The van der Waals surface area contributed by atoms with Crippen LogP contribution in [0.2, 0.25) is 0 Å². The molecule has 0 aliphatic carbocycles. The van der Waals surface area contributed by atoms with Crippen LogP contribution in [0.25, 0.3) is 0 Å². The van der Waals surface area contributed by atoms with Crippen LogP contribution >= 0.6 is 0 Å². The minimum absolute atomic E-state index is 0.0564. The molecule has 0 spiro atoms. The number of halogens is 3. The number of ether oxygens (including phenoxy) is 2. The van der Waals surface area contributed by atoms with Crippen LogP contribution in [0.5, 0.6) is 5.75 Å². The van der Waals surface area contributed by atoms with Crippen molar-refractivity contribution in [3.63, 3.8) is 0 Å². The van der Waals surface area contributed by atoms with E-state index in [0.717, 1.165) is 11.8 Å². The van der Waals surface area contributed by atoms with E-state index in [1.807, 2.05) is 0 Å². The van der Waals surface area contributed by atoms with Crippen molar-refractivity contribution in [2.75, 3.05) is 18.1 Å². The Morgan fingerprint density at radius 2 is 2.04 bits per heavy atom. The fraction of sp³-hybridized carbons (Fsp3) is 0.467. The molecule has 0 radical (unpaired) electrons. The molecule has 0 aromatic heterocycles. The molecule has 1 aliphatic rings. The monoisotopic (exact) mass is 425 g/mol. The topological polar surface area (TPSA) is 128 Å². The zero-order valence-corrected chi connectivity index (χ0v) is 15.2. The first-order valence-electron chi connectivity index (χ1n) is 7.78. The zero-order valence-electron chi connectivity index (χ0n) is 14.4. The van der Waals surface area contributed by atoms with Gasteiger partial charge in [0.25, 0.3) is 5.91 Å². The van der Waals surface area contributed by atoms with Crippen LogP contribution in [0.1, 0.15) is 13.3 Å². The van der Waals surface area contributed by atoms with Crippen molar-refractivity contribution in [3.05, 3.63) is 24.3 Å². The number of rotatable bonds is 7. The first kappa shape index (κ1) is 21.9. The number of benzene rings is 1. The maximum atomic E-state index is 12.2. The van der Waals surface area contributed by atoms with Gasteiger partial charge in [-0.25, -0.2) is 10.3 Å². The molecule has 1 aliphatic heterocycles. The lowest BCUT2D eigenvalue weighted by molar-refractivity contribution is -0.153. The average molecular weight is 425 g/mol. The van der Waals surface area contributed by atoms with Gasteiger partial charge >= 0.3 is 12.3 Å². The molecule has 1 heterocycles. The molecular weight excluding hydrogens is 409 g/mol. The van der Waals surface area contributed by atoms with Gasteiger partial charge in [0.1, 0.15) is 16.6 Å². The summed E-state index contributed by atoms with van der Waals surface area (Å²) in [5.74, 6) is -1.24. The van der Waals surface area contributed by atoms with E-state index in [-0.39, 0.29) is 18.0 Å². The minimum atomic E-state index is -4.49. The van der Waals surface area contributed by atoms with Crippen LogP contribution in [-0.4, -0.2) is 56.1 Å². The molecule has 13 heteroatoms. The van der Waals surface area contributed by atoms with E-state index in [9.17, 15) is 31.5 Å². The summed E-state index contributed by atoms with van der Waals surface area (Å²) in [6, 6.07) is 5.14. The van der Waals surface area contributed by atoms with E-state index in [1.165, 1.54) is 29.7 Å². The molecule has 3 unspecified atom stereocenters. The predicted octanol–water partition coefficient (Wildman–Crippen LogP) is 1.49. The molecular formula is C15H16F3N2O7S-. The number of hydroxylamine groups is 1. The quantitative estimate of drug-likeness (QED) is 0.385. The Labute approximate surface area is 159 Å². The van der Waals surface area contributed by atoms with Crippen molar-refractivity contribution in [2.24, 2.45) is 0 Å². The van der Waals surface area contributed by atoms with Crippen LogP contribution in [0.4, 0.5) is 23.7 Å². The average Bonchev–Trinajstić information content (AvgIpc) is 2.98. The summed E-state index contributed by atoms with van der Waals surface area (Å²) >= 11 is -2.92. The summed E-state index contributed by atoms with van der Waals surface area (Å²) in [4.78, 5) is 24.8. The third kappa shape index (κ3) is 5.11. The van der Waals surface area contributed by atoms with Gasteiger partial charge in [0.15, 0.2) is 6.61 Å². The van der Waals surface area contributed by atoms with Gasteiger partial charge in [-0.1, -0.05) is 0 Å². The Morgan fingerprint density at radius 3 is 2.54 bits per heavy atom. The number of hydrogen-bond donors (Lipinski definition) is 2. The highest BCUT2D eigenvalue weighted by Crippen LogP contribution is 2.29. The molecule has 1 saturated heterocycles. The highest BCUT2D eigenvalue weighted by Gasteiger charge is 2.42. The Morgan fingerprint density at radius 1 is 1.43 bits per heavy atom. The van der Waals surface area contributed by atoms with E-state index in [0.29, 0.717) is 0 Å². The molecule has 2 amide bonds. The van der Waals surface area contributed by atoms with Gasteiger partial charge in [-0.05, 0) is 42.3 Å². The smallest absolute Gasteiger partial charge is 0.422 e. The van der Waals surface area contributed by atoms with Crippen LogP contribution in [0.3, 0.4) is 0 Å². The van der Waals surface area contributed by atoms with Gasteiger partial charge in [0, 0.05) is 12.1 Å². The van der Waals surface area contributed by atoms with E-state index in [1.54, 1.807) is 0 Å². The Balaban J connectivity index is 2.06. The van der Waals surface area contributed by atoms with Crippen LogP contribution in [0, 0.1) is 0 Å². The van der Waals surface area contributed by atoms with E-state index >= 15 is 0 Å². The second kappa shape index (κ2) is 8.32. The van der Waals surface area contributed by atoms with Gasteiger partial charge in [-0.2, -0.15) is 13.2 Å². The number of anilines is 1. The predicted molar refractivity (Wildman–Crippen MR) is 87.5 cm³/mol. The minimum Gasteiger partial charge on any atom is -0.772 e. The van der Waals surface area contributed by atoms with Crippen molar-refractivity contribution >= 4 is 28.8 Å². The highest BCUT2D eigenvalue weighted by atomic mass is 32.2. The van der Waals surface area contributed by atoms with Crippen LogP contribution < -0.4 is 15.1 Å². The van der Waals surface area contributed by atoms with Gasteiger partial charge in [-0.15, -0.1) is 0 Å². The number of carbonyl (C=O) groups excluding carboxylic acids is 2.